The number of hydrogen-bond donors (Lipinski definition) is 2. The van der Waals surface area contributed by atoms with Crippen LogP contribution in [0.4, 0.5) is 4.79 Å². The molecule has 2 rings (SSSR count). The molecule has 2 unspecified atom stereocenters. The lowest BCUT2D eigenvalue weighted by molar-refractivity contribution is -0.141. The zero-order valence-corrected chi connectivity index (χ0v) is 15.2. The summed E-state index contributed by atoms with van der Waals surface area (Å²) in [6.45, 7) is 3.75. The molecule has 142 valence electrons. The van der Waals surface area contributed by atoms with Crippen molar-refractivity contribution < 1.29 is 19.5 Å². The van der Waals surface area contributed by atoms with Gasteiger partial charge in [0.15, 0.2) is 0 Å². The van der Waals surface area contributed by atoms with Crippen LogP contribution >= 0.6 is 0 Å². The molecule has 0 aromatic rings. The van der Waals surface area contributed by atoms with Crippen molar-refractivity contribution in [1.29, 1.82) is 0 Å². The molecule has 2 aliphatic rings. The Morgan fingerprint density at radius 2 is 1.60 bits per heavy atom. The molecule has 0 spiro atoms. The highest BCUT2D eigenvalue weighted by Crippen LogP contribution is 2.25. The average Bonchev–Trinajstić information content (AvgIpc) is 3.26. The summed E-state index contributed by atoms with van der Waals surface area (Å²) in [6.07, 6.45) is 7.32. The largest absolute Gasteiger partial charge is 0.465 e. The fraction of sp³-hybridized carbons (Fsp3) is 0.833. The molecule has 25 heavy (non-hydrogen) atoms. The minimum Gasteiger partial charge on any atom is -0.465 e. The fourth-order valence-corrected chi connectivity index (χ4v) is 3.80. The van der Waals surface area contributed by atoms with Gasteiger partial charge in [0.05, 0.1) is 0 Å². The summed E-state index contributed by atoms with van der Waals surface area (Å²) in [4.78, 5) is 39.3. The van der Waals surface area contributed by atoms with Gasteiger partial charge in [0.25, 0.3) is 0 Å². The minimum atomic E-state index is -1.05. The van der Waals surface area contributed by atoms with Gasteiger partial charge in [0, 0.05) is 19.6 Å². The van der Waals surface area contributed by atoms with E-state index in [1.54, 1.807) is 4.90 Å². The van der Waals surface area contributed by atoms with E-state index in [1.807, 2.05) is 0 Å². The average molecular weight is 353 g/mol. The van der Waals surface area contributed by atoms with Crippen LogP contribution < -0.4 is 5.32 Å². The van der Waals surface area contributed by atoms with E-state index in [1.165, 1.54) is 24.2 Å². The van der Waals surface area contributed by atoms with Gasteiger partial charge in [-0.3, -0.25) is 14.5 Å². The number of rotatable bonds is 8. The lowest BCUT2D eigenvalue weighted by atomic mass is 10.1. The second-order valence-corrected chi connectivity index (χ2v) is 7.03. The highest BCUT2D eigenvalue weighted by molar-refractivity contribution is 5.92. The number of nitrogens with one attached hydrogen (secondary N) is 1. The van der Waals surface area contributed by atoms with Crippen LogP contribution in [0.25, 0.3) is 0 Å². The third kappa shape index (κ3) is 5.09. The summed E-state index contributed by atoms with van der Waals surface area (Å²) < 4.78 is 0. The second kappa shape index (κ2) is 9.63. The second-order valence-electron chi connectivity index (χ2n) is 7.03. The van der Waals surface area contributed by atoms with Crippen LogP contribution in [-0.4, -0.2) is 64.5 Å². The Kier molecular flexibility index (Phi) is 7.52. The zero-order chi connectivity index (χ0) is 18.2. The molecule has 0 bridgehead atoms. The summed E-state index contributed by atoms with van der Waals surface area (Å²) in [5.74, 6) is -0.304. The van der Waals surface area contributed by atoms with Gasteiger partial charge < -0.3 is 15.3 Å². The Hall–Kier alpha value is -1.79. The maximum atomic E-state index is 12.8. The molecule has 2 fully saturated rings. The topological polar surface area (TPSA) is 90.0 Å². The van der Waals surface area contributed by atoms with Crippen molar-refractivity contribution in [3.8, 4) is 0 Å². The molecule has 0 aromatic carbocycles. The molecule has 3 amide bonds. The van der Waals surface area contributed by atoms with Gasteiger partial charge >= 0.3 is 6.09 Å². The molecule has 0 aromatic heterocycles. The Bertz CT molecular complexity index is 483. The number of likely N-dealkylation sites (tertiary alicyclic amines) is 2. The van der Waals surface area contributed by atoms with Crippen molar-refractivity contribution in [2.75, 3.05) is 19.6 Å². The Morgan fingerprint density at radius 1 is 0.960 bits per heavy atom. The van der Waals surface area contributed by atoms with E-state index in [4.69, 9.17) is 0 Å². The lowest BCUT2D eigenvalue weighted by Gasteiger charge is -2.29. The van der Waals surface area contributed by atoms with E-state index in [0.29, 0.717) is 38.9 Å². The van der Waals surface area contributed by atoms with Crippen LogP contribution in [0.2, 0.25) is 0 Å². The Balaban J connectivity index is 1.83. The number of carbonyl (C=O) groups is 3. The SMILES string of the molecule is CCCCCCCNC(=O)C1CCCN1C(=O)C1CCCN1C(=O)O. The van der Waals surface area contributed by atoms with E-state index in [2.05, 4.69) is 12.2 Å². The molecule has 0 aliphatic carbocycles. The molecule has 2 heterocycles. The summed E-state index contributed by atoms with van der Waals surface area (Å²) in [7, 11) is 0. The number of carbonyl (C=O) groups excluding carboxylic acids is 2. The minimum absolute atomic E-state index is 0.0961. The molecule has 2 N–H and O–H groups in total. The van der Waals surface area contributed by atoms with Gasteiger partial charge in [-0.1, -0.05) is 32.6 Å². The van der Waals surface area contributed by atoms with Crippen LogP contribution in [0, 0.1) is 0 Å². The van der Waals surface area contributed by atoms with Crippen molar-refractivity contribution in [2.24, 2.45) is 0 Å². The molecular formula is C18H31N3O4. The zero-order valence-electron chi connectivity index (χ0n) is 15.2. The van der Waals surface area contributed by atoms with Gasteiger partial charge in [-0.05, 0) is 32.1 Å². The van der Waals surface area contributed by atoms with Crippen molar-refractivity contribution in [2.45, 2.75) is 76.8 Å². The summed E-state index contributed by atoms with van der Waals surface area (Å²) in [5, 5.41) is 12.2. The van der Waals surface area contributed by atoms with E-state index < -0.39 is 18.2 Å². The summed E-state index contributed by atoms with van der Waals surface area (Å²) >= 11 is 0. The predicted molar refractivity (Wildman–Crippen MR) is 94.3 cm³/mol. The molecule has 2 atom stereocenters. The Morgan fingerprint density at radius 3 is 2.28 bits per heavy atom. The van der Waals surface area contributed by atoms with E-state index in [9.17, 15) is 19.5 Å². The molecule has 2 saturated heterocycles. The molecular weight excluding hydrogens is 322 g/mol. The van der Waals surface area contributed by atoms with Gasteiger partial charge in [-0.15, -0.1) is 0 Å². The van der Waals surface area contributed by atoms with E-state index >= 15 is 0 Å². The molecule has 7 nitrogen and oxygen atoms in total. The molecule has 7 heteroatoms. The smallest absolute Gasteiger partial charge is 0.407 e. The lowest BCUT2D eigenvalue weighted by Crippen LogP contribution is -2.52. The first-order valence-corrected chi connectivity index (χ1v) is 9.64. The van der Waals surface area contributed by atoms with Gasteiger partial charge in [-0.25, -0.2) is 4.79 Å². The van der Waals surface area contributed by atoms with Crippen LogP contribution in [-0.2, 0) is 9.59 Å². The van der Waals surface area contributed by atoms with Crippen molar-refractivity contribution in [3.05, 3.63) is 0 Å². The van der Waals surface area contributed by atoms with Gasteiger partial charge in [0.1, 0.15) is 12.1 Å². The monoisotopic (exact) mass is 353 g/mol. The molecule has 0 radical (unpaired) electrons. The van der Waals surface area contributed by atoms with E-state index in [-0.39, 0.29) is 11.8 Å². The number of unbranched alkanes of at least 4 members (excludes halogenated alkanes) is 4. The van der Waals surface area contributed by atoms with Gasteiger partial charge in [-0.2, -0.15) is 0 Å². The molecule has 0 saturated carbocycles. The van der Waals surface area contributed by atoms with Crippen LogP contribution in [0.15, 0.2) is 0 Å². The maximum absolute atomic E-state index is 12.8. The Labute approximate surface area is 149 Å². The number of hydrogen-bond acceptors (Lipinski definition) is 3. The molecule has 2 aliphatic heterocycles. The quantitative estimate of drug-likeness (QED) is 0.655. The van der Waals surface area contributed by atoms with E-state index in [0.717, 1.165) is 19.3 Å². The van der Waals surface area contributed by atoms with Crippen molar-refractivity contribution >= 4 is 17.9 Å². The van der Waals surface area contributed by atoms with Crippen LogP contribution in [0.3, 0.4) is 0 Å². The summed E-state index contributed by atoms with van der Waals surface area (Å²) in [5.41, 5.74) is 0. The maximum Gasteiger partial charge on any atom is 0.407 e. The van der Waals surface area contributed by atoms with Crippen molar-refractivity contribution in [3.63, 3.8) is 0 Å². The fourth-order valence-electron chi connectivity index (χ4n) is 3.80. The normalized spacial score (nSPS) is 23.1. The summed E-state index contributed by atoms with van der Waals surface area (Å²) in [6, 6.07) is -1.07. The highest BCUT2D eigenvalue weighted by Gasteiger charge is 2.41. The standard InChI is InChI=1S/C18H31N3O4/c1-2-3-4-5-6-11-19-16(22)14-9-7-12-20(14)17(23)15-10-8-13-21(15)18(24)25/h14-15H,2-13H2,1H3,(H,19,22)(H,24,25). The number of amides is 3. The van der Waals surface area contributed by atoms with Crippen molar-refractivity contribution in [1.82, 2.24) is 15.1 Å². The first-order valence-electron chi connectivity index (χ1n) is 9.64. The number of nitrogens with zero attached hydrogens (tertiary/aromatic N) is 2. The first kappa shape index (κ1) is 19.5. The predicted octanol–water partition coefficient (Wildman–Crippen LogP) is 2.21. The third-order valence-corrected chi connectivity index (χ3v) is 5.20. The third-order valence-electron chi connectivity index (χ3n) is 5.20. The van der Waals surface area contributed by atoms with Crippen LogP contribution in [0.5, 0.6) is 0 Å². The van der Waals surface area contributed by atoms with Crippen LogP contribution in [0.1, 0.15) is 64.7 Å². The highest BCUT2D eigenvalue weighted by atomic mass is 16.4. The van der Waals surface area contributed by atoms with Gasteiger partial charge in [0.2, 0.25) is 11.8 Å². The number of carboxylic acid groups (broad SMARTS) is 1. The first-order chi connectivity index (χ1) is 12.1.